The van der Waals surface area contributed by atoms with Gasteiger partial charge in [0.2, 0.25) is 0 Å². The van der Waals surface area contributed by atoms with Crippen LogP contribution in [-0.2, 0) is 0 Å². The molecule has 0 aliphatic heterocycles. The molecule has 0 atom stereocenters. The molecule has 0 fully saturated rings. The molecule has 0 saturated heterocycles. The highest BCUT2D eigenvalue weighted by molar-refractivity contribution is 6.45. The molecule has 5 nitrogen and oxygen atoms in total. The second-order valence-electron chi connectivity index (χ2n) is 3.28. The number of halogens is 2. The number of phenols is 2. The maximum atomic E-state index is 10.8. The Bertz CT molecular complexity index is 642. The number of nitrogens with zero attached hydrogens (tertiary/aromatic N) is 1. The normalized spacial score (nSPS) is 10.7. The highest BCUT2D eigenvalue weighted by atomic mass is 35.5. The number of phenolic OH excluding ortho intramolecular Hbond substituents is 2. The van der Waals surface area contributed by atoms with Crippen molar-refractivity contribution in [3.63, 3.8) is 0 Å². The van der Waals surface area contributed by atoms with Gasteiger partial charge in [0.05, 0.1) is 4.92 Å². The van der Waals surface area contributed by atoms with E-state index < -0.39 is 16.4 Å². The van der Waals surface area contributed by atoms with Gasteiger partial charge in [0.25, 0.3) is 5.69 Å². The summed E-state index contributed by atoms with van der Waals surface area (Å²) in [7, 11) is 0. The number of aromatic hydroxyl groups is 2. The summed E-state index contributed by atoms with van der Waals surface area (Å²) in [4.78, 5) is 10.1. The molecule has 0 aliphatic rings. The molecular formula is C10H5Cl2NO4. The lowest BCUT2D eigenvalue weighted by Crippen LogP contribution is -1.90. The van der Waals surface area contributed by atoms with Crippen LogP contribution in [0.4, 0.5) is 5.69 Å². The fraction of sp³-hybridized carbons (Fsp3) is 0. The fourth-order valence-electron chi connectivity index (χ4n) is 1.57. The molecule has 88 valence electrons. The van der Waals surface area contributed by atoms with Gasteiger partial charge in [-0.2, -0.15) is 0 Å². The zero-order valence-electron chi connectivity index (χ0n) is 8.15. The molecule has 2 N–H and O–H groups in total. The molecular weight excluding hydrogens is 269 g/mol. The first kappa shape index (κ1) is 11.8. The van der Waals surface area contributed by atoms with Gasteiger partial charge in [-0.25, -0.2) is 0 Å². The summed E-state index contributed by atoms with van der Waals surface area (Å²) in [5.41, 5.74) is -0.353. The number of benzene rings is 2. The van der Waals surface area contributed by atoms with Crippen LogP contribution >= 0.6 is 23.2 Å². The summed E-state index contributed by atoms with van der Waals surface area (Å²) in [5.74, 6) is -0.912. The molecule has 2 aromatic carbocycles. The fourth-order valence-corrected chi connectivity index (χ4v) is 1.95. The molecule has 2 rings (SSSR count). The van der Waals surface area contributed by atoms with E-state index in [4.69, 9.17) is 23.2 Å². The van der Waals surface area contributed by atoms with Gasteiger partial charge in [-0.3, -0.25) is 10.1 Å². The van der Waals surface area contributed by atoms with Crippen LogP contribution in [0.1, 0.15) is 0 Å². The van der Waals surface area contributed by atoms with Crippen molar-refractivity contribution >= 4 is 39.7 Å². The Hall–Kier alpha value is -1.72. The number of non-ortho nitro benzene ring substituents is 1. The van der Waals surface area contributed by atoms with Crippen molar-refractivity contribution in [1.29, 1.82) is 0 Å². The van der Waals surface area contributed by atoms with Crippen molar-refractivity contribution in [3.05, 3.63) is 38.4 Å². The van der Waals surface area contributed by atoms with Gasteiger partial charge in [-0.1, -0.05) is 29.3 Å². The number of hydrogen-bond donors (Lipinski definition) is 2. The van der Waals surface area contributed by atoms with E-state index >= 15 is 0 Å². The summed E-state index contributed by atoms with van der Waals surface area (Å²) in [6.45, 7) is 0. The smallest absolute Gasteiger partial charge is 0.281 e. The minimum atomic E-state index is -0.675. The lowest BCUT2D eigenvalue weighted by Gasteiger charge is -2.08. The van der Waals surface area contributed by atoms with E-state index in [-0.39, 0.29) is 26.5 Å². The quantitative estimate of drug-likeness (QED) is 0.473. The predicted octanol–water partition coefficient (Wildman–Crippen LogP) is 3.47. The average Bonchev–Trinajstić information content (AvgIpc) is 2.32. The largest absolute Gasteiger partial charge is 0.506 e. The molecule has 0 aliphatic carbocycles. The van der Waals surface area contributed by atoms with Gasteiger partial charge < -0.3 is 10.2 Å². The van der Waals surface area contributed by atoms with E-state index in [9.17, 15) is 20.3 Å². The third kappa shape index (κ3) is 1.64. The van der Waals surface area contributed by atoms with Gasteiger partial charge in [0, 0.05) is 11.5 Å². The Morgan fingerprint density at radius 2 is 1.71 bits per heavy atom. The van der Waals surface area contributed by atoms with Crippen molar-refractivity contribution in [1.82, 2.24) is 0 Å². The first-order valence-corrected chi connectivity index (χ1v) is 5.16. The van der Waals surface area contributed by atoms with Gasteiger partial charge in [-0.05, 0) is 6.07 Å². The standard InChI is InChI=1S/C10H5Cl2NO4/c11-7-8(12)10(15)6-4(9(7)14)2-1-3-5(6)13(16)17/h1-3,14-15H. The zero-order chi connectivity index (χ0) is 12.7. The van der Waals surface area contributed by atoms with E-state index in [1.807, 2.05) is 0 Å². The lowest BCUT2D eigenvalue weighted by molar-refractivity contribution is -0.383. The van der Waals surface area contributed by atoms with Crippen LogP contribution in [-0.4, -0.2) is 15.1 Å². The van der Waals surface area contributed by atoms with Crippen LogP contribution in [0.15, 0.2) is 18.2 Å². The number of nitro groups is 1. The maximum absolute atomic E-state index is 10.8. The van der Waals surface area contributed by atoms with Crippen molar-refractivity contribution in [2.24, 2.45) is 0 Å². The van der Waals surface area contributed by atoms with Crippen LogP contribution in [0.5, 0.6) is 11.5 Å². The molecule has 2 aromatic rings. The number of nitro benzene ring substituents is 1. The van der Waals surface area contributed by atoms with Gasteiger partial charge in [0.15, 0.2) is 5.75 Å². The van der Waals surface area contributed by atoms with Crippen LogP contribution in [0.2, 0.25) is 10.0 Å². The van der Waals surface area contributed by atoms with E-state index in [0.29, 0.717) is 0 Å². The molecule has 0 bridgehead atoms. The molecule has 0 saturated carbocycles. The molecule has 0 aromatic heterocycles. The Kier molecular flexibility index (Phi) is 2.73. The summed E-state index contributed by atoms with van der Waals surface area (Å²) >= 11 is 11.4. The molecule has 17 heavy (non-hydrogen) atoms. The van der Waals surface area contributed by atoms with Crippen molar-refractivity contribution in [2.45, 2.75) is 0 Å². The van der Waals surface area contributed by atoms with Gasteiger partial charge in [0.1, 0.15) is 21.2 Å². The Morgan fingerprint density at radius 1 is 1.12 bits per heavy atom. The van der Waals surface area contributed by atoms with Crippen LogP contribution < -0.4 is 0 Å². The third-order valence-corrected chi connectivity index (χ3v) is 3.17. The molecule has 0 spiro atoms. The minimum Gasteiger partial charge on any atom is -0.506 e. The minimum absolute atomic E-state index is 0.0751. The van der Waals surface area contributed by atoms with E-state index in [1.54, 1.807) is 0 Å². The number of fused-ring (bicyclic) bond motifs is 1. The second-order valence-corrected chi connectivity index (χ2v) is 4.04. The monoisotopic (exact) mass is 273 g/mol. The van der Waals surface area contributed by atoms with Gasteiger partial charge in [-0.15, -0.1) is 0 Å². The maximum Gasteiger partial charge on any atom is 0.281 e. The third-order valence-electron chi connectivity index (χ3n) is 2.34. The van der Waals surface area contributed by atoms with E-state index in [1.165, 1.54) is 18.2 Å². The SMILES string of the molecule is O=[N+]([O-])c1cccc2c(O)c(Cl)c(Cl)c(O)c12. The van der Waals surface area contributed by atoms with Crippen LogP contribution in [0.3, 0.4) is 0 Å². The first-order valence-electron chi connectivity index (χ1n) is 4.41. The predicted molar refractivity (Wildman–Crippen MR) is 64.0 cm³/mol. The molecule has 0 heterocycles. The Balaban J connectivity index is 3.06. The summed E-state index contributed by atoms with van der Waals surface area (Å²) in [6, 6.07) is 3.98. The van der Waals surface area contributed by atoms with E-state index in [2.05, 4.69) is 0 Å². The number of hydrogen-bond acceptors (Lipinski definition) is 4. The van der Waals surface area contributed by atoms with Gasteiger partial charge >= 0.3 is 0 Å². The molecule has 0 radical (unpaired) electrons. The zero-order valence-corrected chi connectivity index (χ0v) is 9.66. The van der Waals surface area contributed by atoms with E-state index in [0.717, 1.165) is 0 Å². The van der Waals surface area contributed by atoms with Crippen LogP contribution in [0, 0.1) is 10.1 Å². The Labute approximate surface area is 105 Å². The summed E-state index contributed by atoms with van der Waals surface area (Å²) in [6.07, 6.45) is 0. The lowest BCUT2D eigenvalue weighted by atomic mass is 10.1. The van der Waals surface area contributed by atoms with Crippen molar-refractivity contribution < 1.29 is 15.1 Å². The molecule has 0 amide bonds. The first-order chi connectivity index (χ1) is 7.95. The number of rotatable bonds is 1. The highest BCUT2D eigenvalue weighted by Crippen LogP contribution is 2.48. The highest BCUT2D eigenvalue weighted by Gasteiger charge is 2.23. The van der Waals surface area contributed by atoms with Crippen molar-refractivity contribution in [2.75, 3.05) is 0 Å². The summed E-state index contributed by atoms with van der Waals surface area (Å²) < 4.78 is 0. The second kappa shape index (κ2) is 3.94. The topological polar surface area (TPSA) is 83.6 Å². The average molecular weight is 274 g/mol. The Morgan fingerprint density at radius 3 is 2.29 bits per heavy atom. The van der Waals surface area contributed by atoms with Crippen LogP contribution in [0.25, 0.3) is 10.8 Å². The van der Waals surface area contributed by atoms with Crippen molar-refractivity contribution in [3.8, 4) is 11.5 Å². The molecule has 0 unspecified atom stereocenters. The summed E-state index contributed by atoms with van der Waals surface area (Å²) in [5, 5.41) is 29.7. The molecule has 7 heteroatoms.